The molecule has 0 rings (SSSR count). The van der Waals surface area contributed by atoms with Gasteiger partial charge in [-0.2, -0.15) is 0 Å². The standard InChI is InChI=1S/C12H24INO2/c1-12(2,3)10(15)7-5-4-6-8-14-11(16)9-13/h10,15H,4-9H2,1-3H3,(H,14,16). The van der Waals surface area contributed by atoms with Gasteiger partial charge in [-0.15, -0.1) is 0 Å². The van der Waals surface area contributed by atoms with Crippen LogP contribution in [-0.2, 0) is 4.79 Å². The molecule has 1 unspecified atom stereocenters. The van der Waals surface area contributed by atoms with Gasteiger partial charge in [-0.3, -0.25) is 4.79 Å². The minimum atomic E-state index is -0.226. The highest BCUT2D eigenvalue weighted by Gasteiger charge is 2.20. The van der Waals surface area contributed by atoms with E-state index in [4.69, 9.17) is 0 Å². The lowest BCUT2D eigenvalue weighted by atomic mass is 9.86. The van der Waals surface area contributed by atoms with Gasteiger partial charge in [0.25, 0.3) is 0 Å². The predicted molar refractivity (Wildman–Crippen MR) is 75.8 cm³/mol. The third kappa shape index (κ3) is 8.33. The van der Waals surface area contributed by atoms with Crippen molar-refractivity contribution in [1.29, 1.82) is 0 Å². The summed E-state index contributed by atoms with van der Waals surface area (Å²) in [5.41, 5.74) is -0.0184. The van der Waals surface area contributed by atoms with Crippen LogP contribution >= 0.6 is 22.6 Å². The summed E-state index contributed by atoms with van der Waals surface area (Å²) in [7, 11) is 0. The Balaban J connectivity index is 3.37. The molecule has 0 bridgehead atoms. The molecule has 0 aliphatic heterocycles. The fraction of sp³-hybridized carbons (Fsp3) is 0.917. The molecule has 2 N–H and O–H groups in total. The van der Waals surface area contributed by atoms with E-state index in [2.05, 4.69) is 48.7 Å². The van der Waals surface area contributed by atoms with E-state index in [0.717, 1.165) is 32.2 Å². The third-order valence-corrected chi connectivity index (χ3v) is 3.29. The zero-order chi connectivity index (χ0) is 12.6. The van der Waals surface area contributed by atoms with Crippen LogP contribution < -0.4 is 5.32 Å². The molecule has 0 spiro atoms. The maximum atomic E-state index is 10.9. The molecule has 0 aromatic rings. The number of aliphatic hydroxyl groups excluding tert-OH is 1. The summed E-state index contributed by atoms with van der Waals surface area (Å²) in [5.74, 6) is 0.107. The molecule has 0 fully saturated rings. The fourth-order valence-electron chi connectivity index (χ4n) is 1.35. The maximum Gasteiger partial charge on any atom is 0.229 e. The Kier molecular flexibility index (Phi) is 8.36. The average Bonchev–Trinajstić information content (AvgIpc) is 2.20. The monoisotopic (exact) mass is 341 g/mol. The number of alkyl halides is 1. The number of carbonyl (C=O) groups excluding carboxylic acids is 1. The van der Waals surface area contributed by atoms with Crippen LogP contribution in [-0.4, -0.2) is 28.1 Å². The molecular weight excluding hydrogens is 317 g/mol. The second-order valence-electron chi connectivity index (χ2n) is 5.21. The highest BCUT2D eigenvalue weighted by molar-refractivity contribution is 14.1. The van der Waals surface area contributed by atoms with Crippen LogP contribution in [0.1, 0.15) is 46.5 Å². The van der Waals surface area contributed by atoms with Crippen LogP contribution in [0.5, 0.6) is 0 Å². The first-order valence-corrected chi connectivity index (χ1v) is 7.41. The molecule has 0 saturated heterocycles. The molecule has 16 heavy (non-hydrogen) atoms. The molecular formula is C12H24INO2. The van der Waals surface area contributed by atoms with E-state index in [1.165, 1.54) is 0 Å². The minimum absolute atomic E-state index is 0.0184. The molecule has 4 heteroatoms. The van der Waals surface area contributed by atoms with Gasteiger partial charge < -0.3 is 10.4 Å². The first-order valence-electron chi connectivity index (χ1n) is 5.88. The van der Waals surface area contributed by atoms with Crippen LogP contribution in [0.3, 0.4) is 0 Å². The lowest BCUT2D eigenvalue weighted by Gasteiger charge is -2.25. The quantitative estimate of drug-likeness (QED) is 0.425. The van der Waals surface area contributed by atoms with Gasteiger partial charge in [0.2, 0.25) is 5.91 Å². The summed E-state index contributed by atoms with van der Waals surface area (Å²) in [6.07, 6.45) is 3.72. The molecule has 0 heterocycles. The Morgan fingerprint density at radius 3 is 2.44 bits per heavy atom. The second kappa shape index (κ2) is 8.28. The molecule has 96 valence electrons. The van der Waals surface area contributed by atoms with Crippen molar-refractivity contribution in [3.05, 3.63) is 0 Å². The highest BCUT2D eigenvalue weighted by atomic mass is 127. The van der Waals surface area contributed by atoms with Crippen molar-refractivity contribution >= 4 is 28.5 Å². The zero-order valence-corrected chi connectivity index (χ0v) is 12.7. The van der Waals surface area contributed by atoms with Crippen LogP contribution in [0.2, 0.25) is 0 Å². The van der Waals surface area contributed by atoms with E-state index in [1.54, 1.807) is 0 Å². The highest BCUT2D eigenvalue weighted by Crippen LogP contribution is 2.23. The molecule has 0 aromatic carbocycles. The van der Waals surface area contributed by atoms with E-state index in [1.807, 2.05) is 0 Å². The van der Waals surface area contributed by atoms with Gasteiger partial charge in [0.1, 0.15) is 0 Å². The Bertz CT molecular complexity index is 202. The first kappa shape index (κ1) is 16.2. The number of aliphatic hydroxyl groups is 1. The van der Waals surface area contributed by atoms with Crippen molar-refractivity contribution in [3.8, 4) is 0 Å². The van der Waals surface area contributed by atoms with Crippen LogP contribution in [0, 0.1) is 5.41 Å². The van der Waals surface area contributed by atoms with Crippen molar-refractivity contribution in [2.45, 2.75) is 52.6 Å². The summed E-state index contributed by atoms with van der Waals surface area (Å²) in [4.78, 5) is 10.9. The number of nitrogens with one attached hydrogen (secondary N) is 1. The van der Waals surface area contributed by atoms with E-state index in [-0.39, 0.29) is 17.4 Å². The number of hydrogen-bond acceptors (Lipinski definition) is 2. The Hall–Kier alpha value is 0.160. The van der Waals surface area contributed by atoms with Gasteiger partial charge >= 0.3 is 0 Å². The normalized spacial score (nSPS) is 13.6. The number of carbonyl (C=O) groups is 1. The van der Waals surface area contributed by atoms with Crippen molar-refractivity contribution in [1.82, 2.24) is 5.32 Å². The number of amides is 1. The van der Waals surface area contributed by atoms with Crippen molar-refractivity contribution in [2.24, 2.45) is 5.41 Å². The van der Waals surface area contributed by atoms with E-state index < -0.39 is 0 Å². The van der Waals surface area contributed by atoms with E-state index >= 15 is 0 Å². The van der Waals surface area contributed by atoms with Gasteiger partial charge in [-0.1, -0.05) is 56.2 Å². The summed E-state index contributed by atoms with van der Waals surface area (Å²) in [6, 6.07) is 0. The van der Waals surface area contributed by atoms with Gasteiger partial charge in [-0.25, -0.2) is 0 Å². The topological polar surface area (TPSA) is 49.3 Å². The number of unbranched alkanes of at least 4 members (excludes halogenated alkanes) is 2. The molecule has 0 radical (unpaired) electrons. The van der Waals surface area contributed by atoms with Crippen LogP contribution in [0.25, 0.3) is 0 Å². The van der Waals surface area contributed by atoms with Gasteiger partial charge in [0, 0.05) is 6.54 Å². The number of hydrogen-bond donors (Lipinski definition) is 2. The molecule has 0 aliphatic carbocycles. The molecule has 1 atom stereocenters. The number of rotatable bonds is 7. The largest absolute Gasteiger partial charge is 0.393 e. The Morgan fingerprint density at radius 2 is 1.94 bits per heavy atom. The van der Waals surface area contributed by atoms with Gasteiger partial charge in [0.05, 0.1) is 10.5 Å². The Labute approximate surface area is 113 Å². The smallest absolute Gasteiger partial charge is 0.229 e. The number of halogens is 1. The SMILES string of the molecule is CC(C)(C)C(O)CCCCCNC(=O)CI. The van der Waals surface area contributed by atoms with E-state index in [0.29, 0.717) is 4.43 Å². The van der Waals surface area contributed by atoms with Crippen molar-refractivity contribution in [3.63, 3.8) is 0 Å². The summed E-state index contributed by atoms with van der Waals surface area (Å²) in [5, 5.41) is 12.6. The zero-order valence-electron chi connectivity index (χ0n) is 10.6. The van der Waals surface area contributed by atoms with Gasteiger partial charge in [0.15, 0.2) is 0 Å². The molecule has 0 aromatic heterocycles. The van der Waals surface area contributed by atoms with Gasteiger partial charge in [-0.05, 0) is 18.3 Å². The third-order valence-electron chi connectivity index (χ3n) is 2.60. The minimum Gasteiger partial charge on any atom is -0.393 e. The Morgan fingerprint density at radius 1 is 1.31 bits per heavy atom. The van der Waals surface area contributed by atoms with Crippen molar-refractivity contribution in [2.75, 3.05) is 11.0 Å². The summed E-state index contributed by atoms with van der Waals surface area (Å²) < 4.78 is 0.528. The molecule has 1 amide bonds. The summed E-state index contributed by atoms with van der Waals surface area (Å²) in [6.45, 7) is 6.92. The molecule has 3 nitrogen and oxygen atoms in total. The maximum absolute atomic E-state index is 10.9. The average molecular weight is 341 g/mol. The molecule has 0 saturated carbocycles. The van der Waals surface area contributed by atoms with Crippen LogP contribution in [0.15, 0.2) is 0 Å². The second-order valence-corrected chi connectivity index (χ2v) is 5.98. The molecule has 0 aliphatic rings. The lowest BCUT2D eigenvalue weighted by molar-refractivity contribution is -0.118. The lowest BCUT2D eigenvalue weighted by Crippen LogP contribution is -2.26. The first-order chi connectivity index (χ1) is 7.38. The van der Waals surface area contributed by atoms with Crippen LogP contribution in [0.4, 0.5) is 0 Å². The predicted octanol–water partition coefficient (Wildman–Crippen LogP) is 2.50. The fourth-order valence-corrected chi connectivity index (χ4v) is 1.62. The van der Waals surface area contributed by atoms with E-state index in [9.17, 15) is 9.90 Å². The summed E-state index contributed by atoms with van der Waals surface area (Å²) >= 11 is 2.05. The van der Waals surface area contributed by atoms with Crippen molar-refractivity contribution < 1.29 is 9.90 Å².